The molecule has 6 nitrogen and oxygen atoms in total. The van der Waals surface area contributed by atoms with Crippen LogP contribution in [0.5, 0.6) is 0 Å². The molecule has 0 radical (unpaired) electrons. The molecular formula is C11H16N2O4S. The molecule has 0 amide bonds. The first-order chi connectivity index (χ1) is 8.36. The van der Waals surface area contributed by atoms with Gasteiger partial charge in [-0.25, -0.2) is 22.9 Å². The van der Waals surface area contributed by atoms with Crippen molar-refractivity contribution in [3.63, 3.8) is 0 Å². The van der Waals surface area contributed by atoms with Crippen molar-refractivity contribution in [1.29, 1.82) is 0 Å². The zero-order valence-electron chi connectivity index (χ0n) is 10.3. The van der Waals surface area contributed by atoms with E-state index in [1.807, 2.05) is 6.92 Å². The summed E-state index contributed by atoms with van der Waals surface area (Å²) >= 11 is 0. The van der Waals surface area contributed by atoms with E-state index in [9.17, 15) is 13.2 Å². The van der Waals surface area contributed by atoms with Crippen LogP contribution in [0.2, 0.25) is 0 Å². The number of rotatable bonds is 6. The van der Waals surface area contributed by atoms with Gasteiger partial charge in [0.2, 0.25) is 0 Å². The Bertz CT molecular complexity index is 510. The van der Waals surface area contributed by atoms with Gasteiger partial charge >= 0.3 is 5.97 Å². The van der Waals surface area contributed by atoms with Crippen LogP contribution in [0.1, 0.15) is 37.0 Å². The fourth-order valence-corrected chi connectivity index (χ4v) is 2.69. The van der Waals surface area contributed by atoms with Crippen LogP contribution >= 0.6 is 0 Å². The molecule has 1 aromatic heterocycles. The van der Waals surface area contributed by atoms with E-state index in [-0.39, 0.29) is 16.6 Å². The number of aromatic carboxylic acids is 1. The molecule has 0 saturated carbocycles. The summed E-state index contributed by atoms with van der Waals surface area (Å²) in [4.78, 5) is 14.3. The Balaban J connectivity index is 2.88. The van der Waals surface area contributed by atoms with Crippen molar-refractivity contribution < 1.29 is 18.3 Å². The van der Waals surface area contributed by atoms with Crippen molar-refractivity contribution in [2.75, 3.05) is 0 Å². The standard InChI is InChI=1S/C11H16N2O4S/c1-3-4-8(2)13-18(16,17)10-6-5-9(7-12-10)11(14)15/h5-8,13H,3-4H2,1-2H3,(H,14,15). The molecule has 1 atom stereocenters. The first kappa shape index (κ1) is 14.6. The van der Waals surface area contributed by atoms with Gasteiger partial charge in [-0.05, 0) is 25.5 Å². The van der Waals surface area contributed by atoms with Gasteiger partial charge in [0, 0.05) is 12.2 Å². The molecular weight excluding hydrogens is 256 g/mol. The molecule has 0 spiro atoms. The SMILES string of the molecule is CCCC(C)NS(=O)(=O)c1ccc(C(=O)O)cn1. The highest BCUT2D eigenvalue weighted by molar-refractivity contribution is 7.89. The van der Waals surface area contributed by atoms with Crippen LogP contribution in [0.15, 0.2) is 23.4 Å². The second-order valence-corrected chi connectivity index (χ2v) is 5.66. The molecule has 100 valence electrons. The summed E-state index contributed by atoms with van der Waals surface area (Å²) in [7, 11) is -3.68. The van der Waals surface area contributed by atoms with Gasteiger partial charge < -0.3 is 5.11 Å². The third kappa shape index (κ3) is 3.78. The molecule has 2 N–H and O–H groups in total. The molecule has 1 heterocycles. The molecule has 0 fully saturated rings. The van der Waals surface area contributed by atoms with Crippen LogP contribution in [0.4, 0.5) is 0 Å². The highest BCUT2D eigenvalue weighted by Gasteiger charge is 2.18. The van der Waals surface area contributed by atoms with E-state index in [0.717, 1.165) is 19.0 Å². The van der Waals surface area contributed by atoms with Crippen molar-refractivity contribution in [3.05, 3.63) is 23.9 Å². The number of nitrogens with one attached hydrogen (secondary N) is 1. The average Bonchev–Trinajstić information content (AvgIpc) is 2.28. The summed E-state index contributed by atoms with van der Waals surface area (Å²) in [6.07, 6.45) is 2.63. The van der Waals surface area contributed by atoms with E-state index in [0.29, 0.717) is 0 Å². The van der Waals surface area contributed by atoms with Gasteiger partial charge in [-0.2, -0.15) is 0 Å². The lowest BCUT2D eigenvalue weighted by molar-refractivity contribution is 0.0696. The predicted molar refractivity (Wildman–Crippen MR) is 65.9 cm³/mol. The normalized spacial score (nSPS) is 13.2. The molecule has 0 aliphatic rings. The molecule has 0 saturated heterocycles. The van der Waals surface area contributed by atoms with Crippen LogP contribution in [0, 0.1) is 0 Å². The Morgan fingerprint density at radius 3 is 2.61 bits per heavy atom. The lowest BCUT2D eigenvalue weighted by Crippen LogP contribution is -2.33. The minimum atomic E-state index is -3.68. The number of hydrogen-bond acceptors (Lipinski definition) is 4. The Morgan fingerprint density at radius 1 is 1.50 bits per heavy atom. The van der Waals surface area contributed by atoms with Crippen molar-refractivity contribution in [2.24, 2.45) is 0 Å². The number of aromatic nitrogens is 1. The highest BCUT2D eigenvalue weighted by Crippen LogP contribution is 2.08. The molecule has 1 rings (SSSR count). The molecule has 0 aliphatic heterocycles. The monoisotopic (exact) mass is 272 g/mol. The third-order valence-electron chi connectivity index (χ3n) is 2.34. The number of carboxylic acids is 1. The molecule has 1 aromatic rings. The van der Waals surface area contributed by atoms with Crippen LogP contribution in [0.25, 0.3) is 0 Å². The van der Waals surface area contributed by atoms with Crippen molar-refractivity contribution in [1.82, 2.24) is 9.71 Å². The highest BCUT2D eigenvalue weighted by atomic mass is 32.2. The van der Waals surface area contributed by atoms with Gasteiger partial charge in [0.1, 0.15) is 0 Å². The van der Waals surface area contributed by atoms with E-state index in [1.165, 1.54) is 12.1 Å². The van der Waals surface area contributed by atoms with Crippen LogP contribution < -0.4 is 4.72 Å². The average molecular weight is 272 g/mol. The summed E-state index contributed by atoms with van der Waals surface area (Å²) in [5.74, 6) is -1.14. The minimum Gasteiger partial charge on any atom is -0.478 e. The van der Waals surface area contributed by atoms with Gasteiger partial charge in [-0.15, -0.1) is 0 Å². The summed E-state index contributed by atoms with van der Waals surface area (Å²) < 4.78 is 26.2. The minimum absolute atomic E-state index is 0.0458. The zero-order valence-corrected chi connectivity index (χ0v) is 11.1. The van der Waals surface area contributed by atoms with E-state index in [1.54, 1.807) is 6.92 Å². The van der Waals surface area contributed by atoms with Crippen molar-refractivity contribution >= 4 is 16.0 Å². The van der Waals surface area contributed by atoms with Gasteiger partial charge in [-0.1, -0.05) is 13.3 Å². The topological polar surface area (TPSA) is 96.4 Å². The fraction of sp³-hybridized carbons (Fsp3) is 0.455. The zero-order chi connectivity index (χ0) is 13.8. The molecule has 0 bridgehead atoms. The van der Waals surface area contributed by atoms with Crippen LogP contribution in [-0.2, 0) is 10.0 Å². The maximum absolute atomic E-state index is 11.9. The number of pyridine rings is 1. The number of carboxylic acid groups (broad SMARTS) is 1. The lowest BCUT2D eigenvalue weighted by atomic mass is 10.2. The predicted octanol–water partition coefficient (Wildman–Crippen LogP) is 1.25. The smallest absolute Gasteiger partial charge is 0.337 e. The Labute approximate surface area is 106 Å². The van der Waals surface area contributed by atoms with Crippen LogP contribution in [0.3, 0.4) is 0 Å². The second kappa shape index (κ2) is 5.92. The lowest BCUT2D eigenvalue weighted by Gasteiger charge is -2.12. The summed E-state index contributed by atoms with van der Waals surface area (Å²) in [5, 5.41) is 8.52. The molecule has 0 aromatic carbocycles. The van der Waals surface area contributed by atoms with E-state index < -0.39 is 16.0 Å². The van der Waals surface area contributed by atoms with Gasteiger partial charge in [0.05, 0.1) is 5.56 Å². The number of hydrogen-bond donors (Lipinski definition) is 2. The van der Waals surface area contributed by atoms with E-state index in [2.05, 4.69) is 9.71 Å². The second-order valence-electron chi connectivity index (χ2n) is 4.00. The van der Waals surface area contributed by atoms with E-state index >= 15 is 0 Å². The van der Waals surface area contributed by atoms with Gasteiger partial charge in [0.25, 0.3) is 10.0 Å². The molecule has 7 heteroatoms. The van der Waals surface area contributed by atoms with Crippen LogP contribution in [-0.4, -0.2) is 30.5 Å². The van der Waals surface area contributed by atoms with Gasteiger partial charge in [0.15, 0.2) is 5.03 Å². The first-order valence-electron chi connectivity index (χ1n) is 5.58. The summed E-state index contributed by atoms with van der Waals surface area (Å²) in [6, 6.07) is 2.22. The summed E-state index contributed by atoms with van der Waals surface area (Å²) in [5.41, 5.74) is -0.0458. The van der Waals surface area contributed by atoms with Gasteiger partial charge in [-0.3, -0.25) is 0 Å². The number of carbonyl (C=O) groups is 1. The summed E-state index contributed by atoms with van der Waals surface area (Å²) in [6.45, 7) is 3.73. The number of nitrogens with zero attached hydrogens (tertiary/aromatic N) is 1. The first-order valence-corrected chi connectivity index (χ1v) is 7.07. The molecule has 1 unspecified atom stereocenters. The van der Waals surface area contributed by atoms with Crippen molar-refractivity contribution in [2.45, 2.75) is 37.8 Å². The van der Waals surface area contributed by atoms with Crippen molar-refractivity contribution in [3.8, 4) is 0 Å². The Kier molecular flexibility index (Phi) is 4.80. The Morgan fingerprint density at radius 2 is 2.17 bits per heavy atom. The third-order valence-corrected chi connectivity index (χ3v) is 3.84. The number of sulfonamides is 1. The maximum Gasteiger partial charge on any atom is 0.337 e. The fourth-order valence-electron chi connectivity index (χ4n) is 1.48. The largest absolute Gasteiger partial charge is 0.478 e. The Hall–Kier alpha value is -1.47. The molecule has 18 heavy (non-hydrogen) atoms. The quantitative estimate of drug-likeness (QED) is 0.812. The molecule has 0 aliphatic carbocycles. The maximum atomic E-state index is 11.9. The van der Waals surface area contributed by atoms with E-state index in [4.69, 9.17) is 5.11 Å².